The van der Waals surface area contributed by atoms with Crippen molar-refractivity contribution in [2.75, 3.05) is 0 Å². The monoisotopic (exact) mass is 199 g/mol. The van der Waals surface area contributed by atoms with Crippen LogP contribution < -0.4 is 5.73 Å². The summed E-state index contributed by atoms with van der Waals surface area (Å²) >= 11 is 0. The quantitative estimate of drug-likeness (QED) is 0.799. The Morgan fingerprint density at radius 3 is 2.67 bits per heavy atom. The normalized spacial score (nSPS) is 24.1. The Morgan fingerprint density at radius 1 is 1.27 bits per heavy atom. The van der Waals surface area contributed by atoms with Crippen LogP contribution in [0.1, 0.15) is 17.9 Å². The van der Waals surface area contributed by atoms with Crippen LogP contribution in [0, 0.1) is 0 Å². The second-order valence-electron chi connectivity index (χ2n) is 4.06. The van der Waals surface area contributed by atoms with Crippen LogP contribution in [0.4, 0.5) is 0 Å². The summed E-state index contributed by atoms with van der Waals surface area (Å²) in [7, 11) is 0. The van der Waals surface area contributed by atoms with Crippen molar-refractivity contribution in [3.8, 4) is 5.69 Å². The number of nitrogens with zero attached hydrogens (tertiary/aromatic N) is 2. The smallest absolute Gasteiger partial charge is 0.0645 e. The van der Waals surface area contributed by atoms with Crippen LogP contribution in [0.3, 0.4) is 0 Å². The van der Waals surface area contributed by atoms with Crippen LogP contribution in [-0.2, 0) is 0 Å². The van der Waals surface area contributed by atoms with Gasteiger partial charge in [-0.1, -0.05) is 18.2 Å². The van der Waals surface area contributed by atoms with Crippen molar-refractivity contribution in [1.29, 1.82) is 0 Å². The van der Waals surface area contributed by atoms with Crippen molar-refractivity contribution in [1.82, 2.24) is 9.78 Å². The molecule has 1 saturated carbocycles. The number of benzene rings is 1. The van der Waals surface area contributed by atoms with Crippen molar-refractivity contribution in [2.45, 2.75) is 18.4 Å². The molecule has 2 unspecified atom stereocenters. The van der Waals surface area contributed by atoms with Crippen molar-refractivity contribution in [3.63, 3.8) is 0 Å². The van der Waals surface area contributed by atoms with Gasteiger partial charge in [0.2, 0.25) is 0 Å². The average Bonchev–Trinajstić information content (AvgIpc) is 2.83. The van der Waals surface area contributed by atoms with E-state index in [-0.39, 0.29) is 0 Å². The van der Waals surface area contributed by atoms with Crippen molar-refractivity contribution in [2.24, 2.45) is 5.73 Å². The SMILES string of the molecule is NC1CC1c1cnn(-c2ccccc2)c1. The van der Waals surface area contributed by atoms with Crippen molar-refractivity contribution in [3.05, 3.63) is 48.3 Å². The molecule has 1 heterocycles. The molecule has 3 heteroatoms. The molecule has 1 aromatic carbocycles. The Morgan fingerprint density at radius 2 is 2.00 bits per heavy atom. The van der Waals surface area contributed by atoms with Gasteiger partial charge < -0.3 is 5.73 Å². The molecule has 0 spiro atoms. The lowest BCUT2D eigenvalue weighted by Gasteiger charge is -1.98. The van der Waals surface area contributed by atoms with Gasteiger partial charge in [-0.2, -0.15) is 5.10 Å². The molecule has 0 radical (unpaired) electrons. The fourth-order valence-electron chi connectivity index (χ4n) is 1.85. The molecule has 0 bridgehead atoms. The van der Waals surface area contributed by atoms with E-state index in [1.54, 1.807) is 0 Å². The largest absolute Gasteiger partial charge is 0.327 e. The van der Waals surface area contributed by atoms with E-state index >= 15 is 0 Å². The van der Waals surface area contributed by atoms with Gasteiger partial charge in [-0.05, 0) is 24.1 Å². The molecule has 76 valence electrons. The topological polar surface area (TPSA) is 43.8 Å². The second-order valence-corrected chi connectivity index (χ2v) is 4.06. The Bertz CT molecular complexity index is 461. The van der Waals surface area contributed by atoms with Gasteiger partial charge in [-0.25, -0.2) is 4.68 Å². The predicted octanol–water partition coefficient (Wildman–Crippen LogP) is 1.69. The third-order valence-electron chi connectivity index (χ3n) is 2.89. The zero-order valence-electron chi connectivity index (χ0n) is 8.38. The van der Waals surface area contributed by atoms with Crippen LogP contribution in [0.2, 0.25) is 0 Å². The Balaban J connectivity index is 1.91. The highest BCUT2D eigenvalue weighted by Gasteiger charge is 2.35. The Labute approximate surface area is 88.5 Å². The molecule has 1 fully saturated rings. The molecule has 1 aromatic heterocycles. The van der Waals surface area contributed by atoms with Crippen molar-refractivity contribution >= 4 is 0 Å². The van der Waals surface area contributed by atoms with E-state index in [0.717, 1.165) is 12.1 Å². The maximum Gasteiger partial charge on any atom is 0.0645 e. The molecule has 1 aliphatic rings. The molecule has 0 amide bonds. The number of nitrogens with two attached hydrogens (primary N) is 1. The number of hydrogen-bond donors (Lipinski definition) is 1. The molecule has 3 nitrogen and oxygen atoms in total. The van der Waals surface area contributed by atoms with E-state index in [9.17, 15) is 0 Å². The third kappa shape index (κ3) is 1.55. The van der Waals surface area contributed by atoms with E-state index in [4.69, 9.17) is 5.73 Å². The average molecular weight is 199 g/mol. The maximum atomic E-state index is 5.81. The van der Waals surface area contributed by atoms with Crippen molar-refractivity contribution < 1.29 is 0 Å². The molecule has 3 rings (SSSR count). The lowest BCUT2D eigenvalue weighted by atomic mass is 10.2. The molecule has 2 N–H and O–H groups in total. The zero-order chi connectivity index (χ0) is 10.3. The summed E-state index contributed by atoms with van der Waals surface area (Å²) in [5.41, 5.74) is 8.16. The second kappa shape index (κ2) is 3.21. The van der Waals surface area contributed by atoms with Gasteiger partial charge in [0.25, 0.3) is 0 Å². The van der Waals surface area contributed by atoms with Gasteiger partial charge >= 0.3 is 0 Å². The first kappa shape index (κ1) is 8.68. The summed E-state index contributed by atoms with van der Waals surface area (Å²) in [6.07, 6.45) is 5.10. The van der Waals surface area contributed by atoms with Gasteiger partial charge in [-0.3, -0.25) is 0 Å². The minimum absolute atomic E-state index is 0.346. The van der Waals surface area contributed by atoms with Gasteiger partial charge in [0.05, 0.1) is 11.9 Å². The minimum Gasteiger partial charge on any atom is -0.327 e. The molecular weight excluding hydrogens is 186 g/mol. The molecule has 1 aliphatic carbocycles. The Kier molecular flexibility index (Phi) is 1.86. The van der Waals surface area contributed by atoms with Gasteiger partial charge in [0, 0.05) is 18.2 Å². The van der Waals surface area contributed by atoms with Crippen LogP contribution in [0.15, 0.2) is 42.7 Å². The predicted molar refractivity (Wildman–Crippen MR) is 58.9 cm³/mol. The molecule has 0 aliphatic heterocycles. The summed E-state index contributed by atoms with van der Waals surface area (Å²) in [6.45, 7) is 0. The van der Waals surface area contributed by atoms with Gasteiger partial charge in [-0.15, -0.1) is 0 Å². The van der Waals surface area contributed by atoms with E-state index in [1.807, 2.05) is 41.2 Å². The summed E-state index contributed by atoms with van der Waals surface area (Å²) in [6, 6.07) is 10.5. The lowest BCUT2D eigenvalue weighted by Crippen LogP contribution is -2.00. The van der Waals surface area contributed by atoms with E-state index < -0.39 is 0 Å². The zero-order valence-corrected chi connectivity index (χ0v) is 8.38. The summed E-state index contributed by atoms with van der Waals surface area (Å²) in [5.74, 6) is 0.530. The standard InChI is InChI=1S/C12H13N3/c13-12-6-11(12)9-7-14-15(8-9)10-4-2-1-3-5-10/h1-5,7-8,11-12H,6,13H2. The molecule has 2 aromatic rings. The van der Waals surface area contributed by atoms with Crippen LogP contribution in [0.25, 0.3) is 5.69 Å². The number of para-hydroxylation sites is 1. The van der Waals surface area contributed by atoms with E-state index in [0.29, 0.717) is 12.0 Å². The number of rotatable bonds is 2. The van der Waals surface area contributed by atoms with E-state index in [2.05, 4.69) is 11.3 Å². The molecule has 2 atom stereocenters. The first-order valence-corrected chi connectivity index (χ1v) is 5.20. The number of hydrogen-bond acceptors (Lipinski definition) is 2. The minimum atomic E-state index is 0.346. The third-order valence-corrected chi connectivity index (χ3v) is 2.89. The van der Waals surface area contributed by atoms with Gasteiger partial charge in [0.1, 0.15) is 0 Å². The summed E-state index contributed by atoms with van der Waals surface area (Å²) in [5, 5.41) is 4.34. The number of aromatic nitrogens is 2. The van der Waals surface area contributed by atoms with Crippen LogP contribution >= 0.6 is 0 Å². The maximum absolute atomic E-state index is 5.81. The Hall–Kier alpha value is -1.61. The highest BCUT2D eigenvalue weighted by atomic mass is 15.3. The highest BCUT2D eigenvalue weighted by Crippen LogP contribution is 2.38. The van der Waals surface area contributed by atoms with E-state index in [1.165, 1.54) is 5.56 Å². The first-order chi connectivity index (χ1) is 7.34. The first-order valence-electron chi connectivity index (χ1n) is 5.20. The van der Waals surface area contributed by atoms with Crippen LogP contribution in [-0.4, -0.2) is 15.8 Å². The molecular formula is C12H13N3. The summed E-state index contributed by atoms with van der Waals surface area (Å²) < 4.78 is 1.90. The summed E-state index contributed by atoms with van der Waals surface area (Å²) in [4.78, 5) is 0. The fraction of sp³-hybridized carbons (Fsp3) is 0.250. The lowest BCUT2D eigenvalue weighted by molar-refractivity contribution is 0.879. The fourth-order valence-corrected chi connectivity index (χ4v) is 1.85. The van der Waals surface area contributed by atoms with Gasteiger partial charge in [0.15, 0.2) is 0 Å². The highest BCUT2D eigenvalue weighted by molar-refractivity contribution is 5.33. The molecule has 0 saturated heterocycles. The van der Waals surface area contributed by atoms with Crippen LogP contribution in [0.5, 0.6) is 0 Å². The molecule has 15 heavy (non-hydrogen) atoms.